The molecule has 23 heavy (non-hydrogen) atoms. The number of nitrogens with zero attached hydrogens (tertiary/aromatic N) is 2. The third-order valence-electron chi connectivity index (χ3n) is 4.63. The molecule has 128 valence electrons. The largest absolute Gasteiger partial charge is 0.427 e. The Morgan fingerprint density at radius 2 is 1.83 bits per heavy atom. The number of pyridine rings is 1. The normalized spacial score (nSPS) is 23.0. The summed E-state index contributed by atoms with van der Waals surface area (Å²) in [6.45, 7) is 13.2. The van der Waals surface area contributed by atoms with Crippen molar-refractivity contribution in [1.82, 2.24) is 4.98 Å². The van der Waals surface area contributed by atoms with Gasteiger partial charge >= 0.3 is 7.48 Å². The SMILES string of the molecule is C[C@@H]1CN(c2ccc(BOC(C)(C)C(C)(C)O)cn2)C[C@H](C)O1. The fourth-order valence-electron chi connectivity index (χ4n) is 2.49. The number of morpholine rings is 1. The lowest BCUT2D eigenvalue weighted by atomic mass is 9.83. The highest BCUT2D eigenvalue weighted by molar-refractivity contribution is 6.46. The molecule has 1 fully saturated rings. The number of ether oxygens (including phenoxy) is 1. The molecule has 2 heterocycles. The van der Waals surface area contributed by atoms with E-state index in [1.165, 1.54) is 0 Å². The molecule has 0 amide bonds. The summed E-state index contributed by atoms with van der Waals surface area (Å²) in [6, 6.07) is 4.06. The molecule has 0 spiro atoms. The topological polar surface area (TPSA) is 54.8 Å². The van der Waals surface area contributed by atoms with E-state index in [2.05, 4.69) is 23.7 Å². The zero-order chi connectivity index (χ0) is 17.3. The van der Waals surface area contributed by atoms with E-state index in [-0.39, 0.29) is 12.2 Å². The molecule has 6 heteroatoms. The number of hydrogen-bond acceptors (Lipinski definition) is 5. The number of hydrogen-bond donors (Lipinski definition) is 1. The highest BCUT2D eigenvalue weighted by atomic mass is 16.5. The molecular formula is C17H29BN2O3. The molecule has 1 saturated heterocycles. The van der Waals surface area contributed by atoms with Crippen molar-refractivity contribution >= 4 is 18.8 Å². The molecule has 1 aromatic rings. The Bertz CT molecular complexity index is 504. The lowest BCUT2D eigenvalue weighted by Crippen LogP contribution is -2.49. The first kappa shape index (κ1) is 18.2. The maximum absolute atomic E-state index is 10.1. The second kappa shape index (κ2) is 6.79. The average Bonchev–Trinajstić information content (AvgIpc) is 2.43. The molecule has 0 bridgehead atoms. The smallest absolute Gasteiger partial charge is 0.311 e. The fourth-order valence-corrected chi connectivity index (χ4v) is 2.49. The van der Waals surface area contributed by atoms with E-state index in [0.29, 0.717) is 7.48 Å². The summed E-state index contributed by atoms with van der Waals surface area (Å²) in [5.41, 5.74) is -0.526. The summed E-state index contributed by atoms with van der Waals surface area (Å²) in [6.07, 6.45) is 2.29. The summed E-state index contributed by atoms with van der Waals surface area (Å²) >= 11 is 0. The van der Waals surface area contributed by atoms with E-state index < -0.39 is 11.2 Å². The maximum atomic E-state index is 10.1. The Balaban J connectivity index is 1.97. The number of rotatable bonds is 5. The minimum Gasteiger partial charge on any atom is -0.427 e. The van der Waals surface area contributed by atoms with Crippen LogP contribution in [0.1, 0.15) is 41.5 Å². The number of aliphatic hydroxyl groups is 1. The van der Waals surface area contributed by atoms with Crippen molar-refractivity contribution in [3.63, 3.8) is 0 Å². The molecule has 1 N–H and O–H groups in total. The predicted octanol–water partition coefficient (Wildman–Crippen LogP) is 1.24. The van der Waals surface area contributed by atoms with Crippen molar-refractivity contribution in [3.8, 4) is 0 Å². The van der Waals surface area contributed by atoms with Crippen LogP contribution in [0.3, 0.4) is 0 Å². The zero-order valence-corrected chi connectivity index (χ0v) is 15.2. The van der Waals surface area contributed by atoms with Gasteiger partial charge in [-0.25, -0.2) is 4.98 Å². The highest BCUT2D eigenvalue weighted by Gasteiger charge is 2.35. The second-order valence-electron chi connectivity index (χ2n) is 7.54. The zero-order valence-electron chi connectivity index (χ0n) is 15.2. The first-order valence-corrected chi connectivity index (χ1v) is 8.30. The Hall–Kier alpha value is -1.11. The lowest BCUT2D eigenvalue weighted by molar-refractivity contribution is -0.0893. The van der Waals surface area contributed by atoms with Crippen LogP contribution in [0.5, 0.6) is 0 Å². The van der Waals surface area contributed by atoms with Gasteiger partial charge in [0.05, 0.1) is 23.4 Å². The van der Waals surface area contributed by atoms with Crippen LogP contribution in [0, 0.1) is 0 Å². The highest BCUT2D eigenvalue weighted by Crippen LogP contribution is 2.24. The van der Waals surface area contributed by atoms with Gasteiger partial charge in [-0.2, -0.15) is 0 Å². The summed E-state index contributed by atoms with van der Waals surface area (Å²) in [5.74, 6) is 0.970. The van der Waals surface area contributed by atoms with Crippen molar-refractivity contribution in [3.05, 3.63) is 18.3 Å². The Morgan fingerprint density at radius 1 is 1.22 bits per heavy atom. The van der Waals surface area contributed by atoms with Crippen LogP contribution in [0.4, 0.5) is 5.82 Å². The predicted molar refractivity (Wildman–Crippen MR) is 94.7 cm³/mol. The second-order valence-corrected chi connectivity index (χ2v) is 7.54. The first-order valence-electron chi connectivity index (χ1n) is 8.30. The maximum Gasteiger partial charge on any atom is 0.311 e. The van der Waals surface area contributed by atoms with Gasteiger partial charge in [-0.1, -0.05) is 6.07 Å². The van der Waals surface area contributed by atoms with Crippen molar-refractivity contribution in [2.45, 2.75) is 65.0 Å². The minimum atomic E-state index is -0.902. The summed E-state index contributed by atoms with van der Waals surface area (Å²) < 4.78 is 11.6. The van der Waals surface area contributed by atoms with Gasteiger partial charge in [0.2, 0.25) is 0 Å². The van der Waals surface area contributed by atoms with Crippen LogP contribution in [0.15, 0.2) is 18.3 Å². The van der Waals surface area contributed by atoms with Crippen LogP contribution in [0.2, 0.25) is 0 Å². The number of aromatic nitrogens is 1. The van der Waals surface area contributed by atoms with Crippen molar-refractivity contribution in [2.75, 3.05) is 18.0 Å². The van der Waals surface area contributed by atoms with E-state index in [4.69, 9.17) is 9.39 Å². The molecule has 0 radical (unpaired) electrons. The third kappa shape index (κ3) is 4.69. The summed E-state index contributed by atoms with van der Waals surface area (Å²) in [5, 5.41) is 10.1. The summed E-state index contributed by atoms with van der Waals surface area (Å²) in [7, 11) is 0.431. The van der Waals surface area contributed by atoms with Crippen molar-refractivity contribution < 1.29 is 14.5 Å². The first-order chi connectivity index (χ1) is 10.6. The van der Waals surface area contributed by atoms with Gasteiger partial charge in [-0.05, 0) is 53.1 Å². The van der Waals surface area contributed by atoms with Crippen molar-refractivity contribution in [2.24, 2.45) is 0 Å². The van der Waals surface area contributed by atoms with Crippen LogP contribution >= 0.6 is 0 Å². The molecule has 0 unspecified atom stereocenters. The van der Waals surface area contributed by atoms with Crippen LogP contribution in [-0.2, 0) is 9.39 Å². The van der Waals surface area contributed by atoms with E-state index in [1.807, 2.05) is 32.2 Å². The fraction of sp³-hybridized carbons (Fsp3) is 0.706. The van der Waals surface area contributed by atoms with Crippen LogP contribution in [-0.4, -0.2) is 54.1 Å². The molecule has 0 saturated carbocycles. The van der Waals surface area contributed by atoms with Gasteiger partial charge in [0.15, 0.2) is 0 Å². The van der Waals surface area contributed by atoms with E-state index >= 15 is 0 Å². The van der Waals surface area contributed by atoms with Crippen LogP contribution < -0.4 is 10.4 Å². The van der Waals surface area contributed by atoms with Gasteiger partial charge < -0.3 is 19.4 Å². The quantitative estimate of drug-likeness (QED) is 0.827. The van der Waals surface area contributed by atoms with Gasteiger partial charge in [0.1, 0.15) is 5.82 Å². The average molecular weight is 320 g/mol. The van der Waals surface area contributed by atoms with E-state index in [1.54, 1.807) is 13.8 Å². The monoisotopic (exact) mass is 320 g/mol. The van der Waals surface area contributed by atoms with Crippen molar-refractivity contribution in [1.29, 1.82) is 0 Å². The molecule has 2 atom stereocenters. The van der Waals surface area contributed by atoms with Gasteiger partial charge in [0.25, 0.3) is 0 Å². The van der Waals surface area contributed by atoms with E-state index in [9.17, 15) is 5.11 Å². The standard InChI is InChI=1S/C17H29BN2O3/c1-12-10-20(11-13(2)22-12)15-8-7-14(9-19-15)18-23-17(5,6)16(3,4)21/h7-9,12-13,18,21H,10-11H2,1-6H3/t12-,13+. The third-order valence-corrected chi connectivity index (χ3v) is 4.63. The Kier molecular flexibility index (Phi) is 5.39. The molecule has 1 aliphatic rings. The molecule has 1 aliphatic heterocycles. The molecular weight excluding hydrogens is 291 g/mol. The molecule has 0 aliphatic carbocycles. The lowest BCUT2D eigenvalue weighted by Gasteiger charge is -2.37. The minimum absolute atomic E-state index is 0.219. The number of anilines is 1. The summed E-state index contributed by atoms with van der Waals surface area (Å²) in [4.78, 5) is 6.82. The van der Waals surface area contributed by atoms with Gasteiger partial charge in [-0.15, -0.1) is 0 Å². The Morgan fingerprint density at radius 3 is 2.30 bits per heavy atom. The van der Waals surface area contributed by atoms with Crippen LogP contribution in [0.25, 0.3) is 0 Å². The molecule has 5 nitrogen and oxygen atoms in total. The van der Waals surface area contributed by atoms with E-state index in [0.717, 1.165) is 24.4 Å². The molecule has 1 aromatic heterocycles. The van der Waals surface area contributed by atoms with Gasteiger partial charge in [0, 0.05) is 19.3 Å². The molecule has 0 aromatic carbocycles. The Labute approximate surface area is 140 Å². The molecule has 2 rings (SSSR count). The van der Waals surface area contributed by atoms with Gasteiger partial charge in [-0.3, -0.25) is 0 Å².